The predicted molar refractivity (Wildman–Crippen MR) is 129 cm³/mol. The van der Waals surface area contributed by atoms with E-state index in [1.165, 1.54) is 36.1 Å². The molecule has 3 heteroatoms. The van der Waals surface area contributed by atoms with Crippen molar-refractivity contribution in [3.8, 4) is 0 Å². The molecule has 6 atom stereocenters. The molecule has 32 heavy (non-hydrogen) atoms. The minimum absolute atomic E-state index is 0.00837. The second-order valence-corrected chi connectivity index (χ2v) is 9.88. The standard InChI is InChI=1S/C29H30N2O/c1-18(19-8-4-2-5-9-19)30-29(32)23-14-15-25-24(17-23)26-21-12-13-22(16-21)27(26)28(31-25)20-10-6-3-7-11-20/h2-11,14-15,17-18,21-22,26-28,31H,12-13,16H2,1H3,(H,30,32)/t18-,21?,22?,26?,27?,28?/m0/s1. The Labute approximate surface area is 190 Å². The Kier molecular flexibility index (Phi) is 4.78. The molecule has 2 bridgehead atoms. The van der Waals surface area contributed by atoms with Gasteiger partial charge in [0.05, 0.1) is 12.1 Å². The van der Waals surface area contributed by atoms with Gasteiger partial charge in [0, 0.05) is 11.3 Å². The zero-order valence-corrected chi connectivity index (χ0v) is 18.5. The number of nitrogens with one attached hydrogen (secondary N) is 2. The van der Waals surface area contributed by atoms with Gasteiger partial charge in [0.2, 0.25) is 0 Å². The van der Waals surface area contributed by atoms with Gasteiger partial charge in [-0.25, -0.2) is 0 Å². The molecule has 2 N–H and O–H groups in total. The Bertz CT molecular complexity index is 1130. The van der Waals surface area contributed by atoms with E-state index in [-0.39, 0.29) is 11.9 Å². The van der Waals surface area contributed by atoms with E-state index in [0.29, 0.717) is 17.9 Å². The van der Waals surface area contributed by atoms with Crippen LogP contribution in [-0.2, 0) is 0 Å². The van der Waals surface area contributed by atoms with E-state index >= 15 is 0 Å². The molecule has 5 unspecified atom stereocenters. The molecule has 3 aliphatic rings. The van der Waals surface area contributed by atoms with Crippen LogP contribution in [-0.4, -0.2) is 5.91 Å². The highest BCUT2D eigenvalue weighted by Crippen LogP contribution is 2.63. The second-order valence-electron chi connectivity index (χ2n) is 9.88. The maximum atomic E-state index is 13.1. The molecular weight excluding hydrogens is 392 g/mol. The lowest BCUT2D eigenvalue weighted by Crippen LogP contribution is -2.36. The van der Waals surface area contributed by atoms with Crippen LogP contribution < -0.4 is 10.6 Å². The Balaban J connectivity index is 1.31. The molecule has 0 radical (unpaired) electrons. The molecular formula is C29H30N2O. The van der Waals surface area contributed by atoms with Crippen molar-refractivity contribution in [2.24, 2.45) is 17.8 Å². The van der Waals surface area contributed by atoms with Crippen LogP contribution in [0.25, 0.3) is 0 Å². The third-order valence-electron chi connectivity index (χ3n) is 8.16. The van der Waals surface area contributed by atoms with E-state index in [1.807, 2.05) is 31.2 Å². The third-order valence-corrected chi connectivity index (χ3v) is 8.16. The molecule has 1 aliphatic heterocycles. The highest BCUT2D eigenvalue weighted by atomic mass is 16.1. The molecule has 1 heterocycles. The maximum absolute atomic E-state index is 13.1. The smallest absolute Gasteiger partial charge is 0.251 e. The van der Waals surface area contributed by atoms with Crippen LogP contribution in [0.4, 0.5) is 5.69 Å². The van der Waals surface area contributed by atoms with Gasteiger partial charge in [0.1, 0.15) is 0 Å². The van der Waals surface area contributed by atoms with Crippen LogP contribution in [0.2, 0.25) is 0 Å². The normalized spacial score (nSPS) is 28.3. The fraction of sp³-hybridized carbons (Fsp3) is 0.345. The van der Waals surface area contributed by atoms with Crippen LogP contribution >= 0.6 is 0 Å². The van der Waals surface area contributed by atoms with Crippen molar-refractivity contribution in [3.05, 3.63) is 101 Å². The van der Waals surface area contributed by atoms with Gasteiger partial charge in [-0.05, 0) is 84.7 Å². The SMILES string of the molecule is C[C@H](NC(=O)c1ccc2c(c1)C1C3CCC(C3)C1C(c1ccccc1)N2)c1ccccc1. The van der Waals surface area contributed by atoms with Crippen molar-refractivity contribution in [1.29, 1.82) is 0 Å². The molecule has 2 aliphatic carbocycles. The minimum atomic E-state index is -0.0180. The third kappa shape index (κ3) is 3.23. The molecule has 162 valence electrons. The van der Waals surface area contributed by atoms with Gasteiger partial charge in [0.15, 0.2) is 0 Å². The molecule has 2 saturated carbocycles. The van der Waals surface area contributed by atoms with Gasteiger partial charge < -0.3 is 10.6 Å². The summed E-state index contributed by atoms with van der Waals surface area (Å²) in [5.74, 6) is 2.71. The van der Waals surface area contributed by atoms with E-state index in [1.54, 1.807) is 0 Å². The maximum Gasteiger partial charge on any atom is 0.251 e. The fourth-order valence-corrected chi connectivity index (χ4v) is 6.72. The van der Waals surface area contributed by atoms with Crippen LogP contribution in [0, 0.1) is 17.8 Å². The van der Waals surface area contributed by atoms with E-state index in [9.17, 15) is 4.79 Å². The first-order valence-electron chi connectivity index (χ1n) is 12.0. The summed E-state index contributed by atoms with van der Waals surface area (Å²) in [5, 5.41) is 7.06. The van der Waals surface area contributed by atoms with Gasteiger partial charge in [-0.15, -0.1) is 0 Å². The van der Waals surface area contributed by atoms with Gasteiger partial charge in [-0.3, -0.25) is 4.79 Å². The topological polar surface area (TPSA) is 41.1 Å². The van der Waals surface area contributed by atoms with E-state index < -0.39 is 0 Å². The summed E-state index contributed by atoms with van der Waals surface area (Å²) in [6, 6.07) is 27.7. The Hall–Kier alpha value is -3.07. The first-order valence-corrected chi connectivity index (χ1v) is 12.0. The Morgan fingerprint density at radius 1 is 0.938 bits per heavy atom. The number of fused-ring (bicyclic) bond motifs is 7. The molecule has 3 aromatic rings. The Morgan fingerprint density at radius 3 is 2.44 bits per heavy atom. The molecule has 1 amide bonds. The number of benzene rings is 3. The summed E-state index contributed by atoms with van der Waals surface area (Å²) in [6.45, 7) is 2.05. The minimum Gasteiger partial charge on any atom is -0.378 e. The van der Waals surface area contributed by atoms with Crippen LogP contribution in [0.1, 0.15) is 71.2 Å². The molecule has 0 aromatic heterocycles. The summed E-state index contributed by atoms with van der Waals surface area (Å²) < 4.78 is 0. The van der Waals surface area contributed by atoms with Gasteiger partial charge in [-0.2, -0.15) is 0 Å². The number of hydrogen-bond acceptors (Lipinski definition) is 2. The first-order chi connectivity index (χ1) is 15.7. The average Bonchev–Trinajstić information content (AvgIpc) is 3.47. The highest BCUT2D eigenvalue weighted by molar-refractivity contribution is 5.95. The number of anilines is 1. The van der Waals surface area contributed by atoms with Crippen molar-refractivity contribution < 1.29 is 4.79 Å². The van der Waals surface area contributed by atoms with Gasteiger partial charge in [0.25, 0.3) is 5.91 Å². The zero-order chi connectivity index (χ0) is 21.7. The van der Waals surface area contributed by atoms with Crippen molar-refractivity contribution in [3.63, 3.8) is 0 Å². The number of hydrogen-bond donors (Lipinski definition) is 2. The Morgan fingerprint density at radius 2 is 1.66 bits per heavy atom. The van der Waals surface area contributed by atoms with Crippen molar-refractivity contribution in [1.82, 2.24) is 5.32 Å². The monoisotopic (exact) mass is 422 g/mol. The molecule has 0 saturated heterocycles. The largest absolute Gasteiger partial charge is 0.378 e. The number of rotatable bonds is 4. The molecule has 6 rings (SSSR count). The van der Waals surface area contributed by atoms with E-state index in [4.69, 9.17) is 0 Å². The molecule has 3 nitrogen and oxygen atoms in total. The second kappa shape index (κ2) is 7.81. The number of amides is 1. The van der Waals surface area contributed by atoms with Crippen LogP contribution in [0.3, 0.4) is 0 Å². The van der Waals surface area contributed by atoms with Gasteiger partial charge >= 0.3 is 0 Å². The molecule has 0 spiro atoms. The number of carbonyl (C=O) groups excluding carboxylic acids is 1. The molecule has 3 aromatic carbocycles. The lowest BCUT2D eigenvalue weighted by Gasteiger charge is -2.43. The van der Waals surface area contributed by atoms with Crippen LogP contribution in [0.5, 0.6) is 0 Å². The summed E-state index contributed by atoms with van der Waals surface area (Å²) >= 11 is 0. The first kappa shape index (κ1) is 19.6. The zero-order valence-electron chi connectivity index (χ0n) is 18.5. The summed E-state index contributed by atoms with van der Waals surface area (Å²) in [4.78, 5) is 13.1. The molecule has 2 fully saturated rings. The lowest BCUT2D eigenvalue weighted by molar-refractivity contribution is 0.0939. The van der Waals surface area contributed by atoms with Crippen molar-refractivity contribution in [2.45, 2.75) is 44.2 Å². The predicted octanol–water partition coefficient (Wildman–Crippen LogP) is 6.47. The number of carbonyl (C=O) groups is 1. The van der Waals surface area contributed by atoms with E-state index in [0.717, 1.165) is 23.0 Å². The summed E-state index contributed by atoms with van der Waals surface area (Å²) in [5.41, 5.74) is 5.85. The summed E-state index contributed by atoms with van der Waals surface area (Å²) in [7, 11) is 0. The van der Waals surface area contributed by atoms with Crippen molar-refractivity contribution in [2.75, 3.05) is 5.32 Å². The van der Waals surface area contributed by atoms with Crippen LogP contribution in [0.15, 0.2) is 78.9 Å². The van der Waals surface area contributed by atoms with Gasteiger partial charge in [-0.1, -0.05) is 60.7 Å². The van der Waals surface area contributed by atoms with Crippen molar-refractivity contribution >= 4 is 11.6 Å². The fourth-order valence-electron chi connectivity index (χ4n) is 6.72. The highest BCUT2D eigenvalue weighted by Gasteiger charge is 2.53. The van der Waals surface area contributed by atoms with E-state index in [2.05, 4.69) is 65.2 Å². The average molecular weight is 423 g/mol. The lowest BCUT2D eigenvalue weighted by atomic mass is 9.68. The quantitative estimate of drug-likeness (QED) is 0.506. The summed E-state index contributed by atoms with van der Waals surface area (Å²) in [6.07, 6.45) is 4.01.